The van der Waals surface area contributed by atoms with Crippen molar-refractivity contribution in [2.45, 2.75) is 12.8 Å². The molecule has 0 fully saturated rings. The lowest BCUT2D eigenvalue weighted by molar-refractivity contribution is -0.274. The van der Waals surface area contributed by atoms with E-state index in [1.54, 1.807) is 6.07 Å². The highest BCUT2D eigenvalue weighted by atomic mass is 35.5. The third-order valence-electron chi connectivity index (χ3n) is 2.79. The van der Waals surface area contributed by atoms with Crippen LogP contribution in [0.3, 0.4) is 0 Å². The topological polar surface area (TPSA) is 46.5 Å². The smallest absolute Gasteiger partial charge is 0.481 e. The van der Waals surface area contributed by atoms with Gasteiger partial charge >= 0.3 is 12.3 Å². The summed E-state index contributed by atoms with van der Waals surface area (Å²) in [5.74, 6) is -1.40. The second-order valence-corrected chi connectivity index (χ2v) is 4.84. The maximum atomic E-state index is 12.4. The van der Waals surface area contributed by atoms with Gasteiger partial charge in [-0.3, -0.25) is 4.79 Å². The Labute approximate surface area is 128 Å². The van der Waals surface area contributed by atoms with E-state index >= 15 is 0 Å². The highest BCUT2D eigenvalue weighted by Crippen LogP contribution is 2.37. The van der Waals surface area contributed by atoms with E-state index in [1.807, 2.05) is 0 Å². The predicted molar refractivity (Wildman–Crippen MR) is 74.9 cm³/mol. The maximum absolute atomic E-state index is 12.4. The Bertz CT molecular complexity index is 699. The van der Waals surface area contributed by atoms with Crippen molar-refractivity contribution in [3.8, 4) is 16.9 Å². The molecule has 22 heavy (non-hydrogen) atoms. The Kier molecular flexibility index (Phi) is 4.61. The molecule has 0 saturated heterocycles. The van der Waals surface area contributed by atoms with E-state index in [0.29, 0.717) is 11.1 Å². The monoisotopic (exact) mass is 330 g/mol. The summed E-state index contributed by atoms with van der Waals surface area (Å²) in [6, 6.07) is 9.98. The van der Waals surface area contributed by atoms with Crippen LogP contribution in [0.1, 0.15) is 5.56 Å². The average Bonchev–Trinajstić information content (AvgIpc) is 2.37. The molecule has 0 aliphatic heterocycles. The fraction of sp³-hybridized carbons (Fsp3) is 0.133. The minimum absolute atomic E-state index is 0.150. The van der Waals surface area contributed by atoms with E-state index in [2.05, 4.69) is 4.74 Å². The predicted octanol–water partition coefficient (Wildman–Crippen LogP) is 4.53. The van der Waals surface area contributed by atoms with Crippen LogP contribution in [-0.2, 0) is 11.2 Å². The summed E-state index contributed by atoms with van der Waals surface area (Å²) in [4.78, 5) is 10.7. The summed E-state index contributed by atoms with van der Waals surface area (Å²) in [7, 11) is 0. The molecule has 2 rings (SSSR count). The summed E-state index contributed by atoms with van der Waals surface area (Å²) < 4.78 is 41.3. The van der Waals surface area contributed by atoms with Crippen LogP contribution in [0.4, 0.5) is 13.2 Å². The number of aliphatic carboxylic acids is 1. The standard InChI is InChI=1S/C15H10ClF3O3/c16-12-7-9(8-14(20)21)5-6-10(12)11-3-1-2-4-13(11)22-15(17,18)19/h1-7H,8H2,(H,20,21). The SMILES string of the molecule is O=C(O)Cc1ccc(-c2ccccc2OC(F)(F)F)c(Cl)c1. The van der Waals surface area contributed by atoms with E-state index in [0.717, 1.165) is 0 Å². The lowest BCUT2D eigenvalue weighted by Gasteiger charge is -2.14. The molecule has 0 amide bonds. The molecule has 0 saturated carbocycles. The van der Waals surface area contributed by atoms with Crippen LogP contribution in [0, 0.1) is 0 Å². The summed E-state index contributed by atoms with van der Waals surface area (Å²) in [5.41, 5.74) is 0.956. The van der Waals surface area contributed by atoms with Crippen LogP contribution >= 0.6 is 11.6 Å². The number of ether oxygens (including phenoxy) is 1. The largest absolute Gasteiger partial charge is 0.573 e. The summed E-state index contributed by atoms with van der Waals surface area (Å²) in [6.45, 7) is 0. The normalized spacial score (nSPS) is 11.3. The Morgan fingerprint density at radius 3 is 2.41 bits per heavy atom. The van der Waals surface area contributed by atoms with Crippen molar-refractivity contribution >= 4 is 17.6 Å². The highest BCUT2D eigenvalue weighted by molar-refractivity contribution is 6.33. The zero-order valence-electron chi connectivity index (χ0n) is 11.0. The molecule has 0 spiro atoms. The van der Waals surface area contributed by atoms with E-state index in [9.17, 15) is 18.0 Å². The molecule has 0 unspecified atom stereocenters. The lowest BCUT2D eigenvalue weighted by Crippen LogP contribution is -2.17. The molecule has 3 nitrogen and oxygen atoms in total. The third-order valence-corrected chi connectivity index (χ3v) is 3.10. The van der Waals surface area contributed by atoms with Gasteiger partial charge in [0.05, 0.1) is 6.42 Å². The molecular weight excluding hydrogens is 321 g/mol. The first-order valence-electron chi connectivity index (χ1n) is 6.11. The first-order chi connectivity index (χ1) is 10.3. The van der Waals surface area contributed by atoms with Crippen molar-refractivity contribution in [1.29, 1.82) is 0 Å². The van der Waals surface area contributed by atoms with E-state index in [-0.39, 0.29) is 22.8 Å². The zero-order chi connectivity index (χ0) is 16.3. The van der Waals surface area contributed by atoms with Gasteiger partial charge in [-0.25, -0.2) is 0 Å². The highest BCUT2D eigenvalue weighted by Gasteiger charge is 2.32. The van der Waals surface area contributed by atoms with Gasteiger partial charge in [0, 0.05) is 16.1 Å². The zero-order valence-corrected chi connectivity index (χ0v) is 11.8. The molecule has 0 aliphatic rings. The van der Waals surface area contributed by atoms with Crippen LogP contribution in [0.15, 0.2) is 42.5 Å². The first kappa shape index (κ1) is 16.2. The third kappa shape index (κ3) is 4.14. The molecule has 0 aliphatic carbocycles. The molecule has 2 aromatic carbocycles. The lowest BCUT2D eigenvalue weighted by atomic mass is 10.0. The Hall–Kier alpha value is -2.21. The van der Waals surface area contributed by atoms with Crippen LogP contribution in [0.25, 0.3) is 11.1 Å². The number of alkyl halides is 3. The van der Waals surface area contributed by atoms with Crippen LogP contribution in [0.2, 0.25) is 5.02 Å². The van der Waals surface area contributed by atoms with Gasteiger partial charge in [-0.2, -0.15) is 0 Å². The number of benzene rings is 2. The van der Waals surface area contributed by atoms with Gasteiger partial charge in [0.1, 0.15) is 5.75 Å². The van der Waals surface area contributed by atoms with Crippen molar-refractivity contribution in [3.05, 3.63) is 53.1 Å². The maximum Gasteiger partial charge on any atom is 0.573 e. The molecule has 0 radical (unpaired) electrons. The van der Waals surface area contributed by atoms with E-state index in [1.165, 1.54) is 36.4 Å². The summed E-state index contributed by atoms with van der Waals surface area (Å²) in [5, 5.41) is 8.88. The second-order valence-electron chi connectivity index (χ2n) is 4.43. The van der Waals surface area contributed by atoms with Gasteiger partial charge in [-0.15, -0.1) is 13.2 Å². The second kappa shape index (κ2) is 6.27. The van der Waals surface area contributed by atoms with Gasteiger partial charge < -0.3 is 9.84 Å². The molecule has 1 N–H and O–H groups in total. The summed E-state index contributed by atoms with van der Waals surface area (Å²) in [6.07, 6.45) is -5.04. The molecule has 0 heterocycles. The molecule has 0 aromatic heterocycles. The molecule has 7 heteroatoms. The van der Waals surface area contributed by atoms with Crippen LogP contribution in [0.5, 0.6) is 5.75 Å². The Morgan fingerprint density at radius 2 is 1.82 bits per heavy atom. The van der Waals surface area contributed by atoms with Crippen molar-refractivity contribution in [2.24, 2.45) is 0 Å². The molecule has 0 atom stereocenters. The van der Waals surface area contributed by atoms with Gasteiger partial charge in [0.2, 0.25) is 0 Å². The van der Waals surface area contributed by atoms with Gasteiger partial charge in [-0.1, -0.05) is 41.9 Å². The average molecular weight is 331 g/mol. The van der Waals surface area contributed by atoms with Crippen LogP contribution in [-0.4, -0.2) is 17.4 Å². The number of carbonyl (C=O) groups is 1. The van der Waals surface area contributed by atoms with Crippen molar-refractivity contribution < 1.29 is 27.8 Å². The number of rotatable bonds is 4. The molecule has 2 aromatic rings. The number of hydrogen-bond donors (Lipinski definition) is 1. The minimum atomic E-state index is -4.81. The van der Waals surface area contributed by atoms with E-state index in [4.69, 9.17) is 16.7 Å². The number of halogens is 4. The molecular formula is C15H10ClF3O3. The number of carboxylic acid groups (broad SMARTS) is 1. The molecule has 116 valence electrons. The Morgan fingerprint density at radius 1 is 1.14 bits per heavy atom. The van der Waals surface area contributed by atoms with Crippen molar-refractivity contribution in [1.82, 2.24) is 0 Å². The minimum Gasteiger partial charge on any atom is -0.481 e. The fourth-order valence-corrected chi connectivity index (χ4v) is 2.27. The van der Waals surface area contributed by atoms with Crippen molar-refractivity contribution in [2.75, 3.05) is 0 Å². The molecule has 0 bridgehead atoms. The first-order valence-corrected chi connectivity index (χ1v) is 6.49. The van der Waals surface area contributed by atoms with Gasteiger partial charge in [0.15, 0.2) is 0 Å². The van der Waals surface area contributed by atoms with Crippen LogP contribution < -0.4 is 4.74 Å². The number of para-hydroxylation sites is 1. The van der Waals surface area contributed by atoms with Crippen molar-refractivity contribution in [3.63, 3.8) is 0 Å². The van der Waals surface area contributed by atoms with E-state index < -0.39 is 12.3 Å². The summed E-state index contributed by atoms with van der Waals surface area (Å²) >= 11 is 6.06. The number of carboxylic acids is 1. The van der Waals surface area contributed by atoms with Gasteiger partial charge in [0.25, 0.3) is 0 Å². The Balaban J connectivity index is 2.42. The van der Waals surface area contributed by atoms with Gasteiger partial charge in [-0.05, 0) is 17.7 Å². The fourth-order valence-electron chi connectivity index (χ4n) is 1.96. The number of hydrogen-bond acceptors (Lipinski definition) is 2. The quantitative estimate of drug-likeness (QED) is 0.895.